The molecule has 1 aromatic heterocycles. The van der Waals surface area contributed by atoms with Crippen molar-refractivity contribution in [3.8, 4) is 28.5 Å². The molecule has 0 aliphatic heterocycles. The van der Waals surface area contributed by atoms with Crippen LogP contribution < -0.4 is 10.1 Å². The molecule has 3 aromatic rings. The zero-order valence-electron chi connectivity index (χ0n) is 18.8. The number of unbranched alkanes of at least 4 members (excludes halogenated alkanes) is 4. The third-order valence-corrected chi connectivity index (χ3v) is 5.46. The molecule has 0 amide bonds. The molecule has 170 valence electrons. The average Bonchev–Trinajstić information content (AvgIpc) is 3.30. The SMILES string of the molecule is CCCCCCCOc1ccc(-c2nc(-c3ccc(CC(NC)C(=O)O)cc3)co2)cc1. The van der Waals surface area contributed by atoms with Crippen molar-refractivity contribution < 1.29 is 19.1 Å². The molecule has 2 aromatic carbocycles. The number of hydrogen-bond acceptors (Lipinski definition) is 5. The Morgan fingerprint density at radius 2 is 1.72 bits per heavy atom. The molecule has 0 aliphatic rings. The van der Waals surface area contributed by atoms with Crippen molar-refractivity contribution in [2.75, 3.05) is 13.7 Å². The van der Waals surface area contributed by atoms with Crippen LogP contribution in [0.4, 0.5) is 0 Å². The number of nitrogens with one attached hydrogen (secondary N) is 1. The van der Waals surface area contributed by atoms with Gasteiger partial charge in [0.1, 0.15) is 23.7 Å². The van der Waals surface area contributed by atoms with E-state index in [-0.39, 0.29) is 0 Å². The van der Waals surface area contributed by atoms with Crippen LogP contribution in [0.15, 0.2) is 59.2 Å². The van der Waals surface area contributed by atoms with E-state index < -0.39 is 12.0 Å². The van der Waals surface area contributed by atoms with E-state index in [4.69, 9.17) is 9.15 Å². The minimum absolute atomic E-state index is 0.420. The average molecular weight is 437 g/mol. The molecular formula is C26H32N2O4. The molecule has 0 fully saturated rings. The van der Waals surface area contributed by atoms with Gasteiger partial charge in [-0.15, -0.1) is 0 Å². The predicted molar refractivity (Wildman–Crippen MR) is 126 cm³/mol. The standard InChI is InChI=1S/C26H32N2O4/c1-3-4-5-6-7-16-31-22-14-12-21(13-15-22)25-28-24(18-32-25)20-10-8-19(9-11-20)17-23(27-2)26(29)30/h8-15,18,23,27H,3-7,16-17H2,1-2H3,(H,29,30). The fraction of sp³-hybridized carbons (Fsp3) is 0.385. The Hall–Kier alpha value is -3.12. The molecule has 32 heavy (non-hydrogen) atoms. The zero-order valence-corrected chi connectivity index (χ0v) is 18.8. The molecule has 0 aliphatic carbocycles. The van der Waals surface area contributed by atoms with E-state index in [9.17, 15) is 9.90 Å². The molecule has 0 spiro atoms. The van der Waals surface area contributed by atoms with Gasteiger partial charge in [0.05, 0.1) is 6.61 Å². The molecule has 0 saturated carbocycles. The van der Waals surface area contributed by atoms with E-state index in [0.29, 0.717) is 12.3 Å². The monoisotopic (exact) mass is 436 g/mol. The lowest BCUT2D eigenvalue weighted by atomic mass is 10.0. The number of aliphatic carboxylic acids is 1. The van der Waals surface area contributed by atoms with Crippen LogP contribution in [0.3, 0.4) is 0 Å². The zero-order chi connectivity index (χ0) is 22.8. The van der Waals surface area contributed by atoms with Crippen LogP contribution in [0.2, 0.25) is 0 Å². The molecular weight excluding hydrogens is 404 g/mol. The fourth-order valence-corrected chi connectivity index (χ4v) is 3.49. The van der Waals surface area contributed by atoms with Gasteiger partial charge in [0.15, 0.2) is 0 Å². The number of carboxylic acid groups (broad SMARTS) is 1. The summed E-state index contributed by atoms with van der Waals surface area (Å²) in [7, 11) is 1.65. The van der Waals surface area contributed by atoms with Crippen molar-refractivity contribution in [2.24, 2.45) is 0 Å². The van der Waals surface area contributed by atoms with Gasteiger partial charge in [0.2, 0.25) is 5.89 Å². The molecule has 2 N–H and O–H groups in total. The summed E-state index contributed by atoms with van der Waals surface area (Å²) in [5.41, 5.74) is 3.49. The first-order valence-corrected chi connectivity index (χ1v) is 11.3. The van der Waals surface area contributed by atoms with Gasteiger partial charge in [-0.05, 0) is 49.7 Å². The van der Waals surface area contributed by atoms with Gasteiger partial charge in [-0.3, -0.25) is 4.79 Å². The maximum Gasteiger partial charge on any atom is 0.321 e. The Balaban J connectivity index is 1.56. The highest BCUT2D eigenvalue weighted by molar-refractivity contribution is 5.74. The van der Waals surface area contributed by atoms with Crippen LogP contribution in [-0.4, -0.2) is 35.8 Å². The second-order valence-corrected chi connectivity index (χ2v) is 7.91. The van der Waals surface area contributed by atoms with E-state index in [1.807, 2.05) is 48.5 Å². The smallest absolute Gasteiger partial charge is 0.321 e. The first-order chi connectivity index (χ1) is 15.6. The summed E-state index contributed by atoms with van der Waals surface area (Å²) in [6.07, 6.45) is 8.16. The van der Waals surface area contributed by atoms with Gasteiger partial charge >= 0.3 is 5.97 Å². The number of likely N-dealkylation sites (N-methyl/N-ethyl adjacent to an activating group) is 1. The Morgan fingerprint density at radius 3 is 2.38 bits per heavy atom. The van der Waals surface area contributed by atoms with Gasteiger partial charge < -0.3 is 19.6 Å². The highest BCUT2D eigenvalue weighted by Gasteiger charge is 2.15. The first kappa shape index (κ1) is 23.5. The van der Waals surface area contributed by atoms with Crippen molar-refractivity contribution in [2.45, 2.75) is 51.5 Å². The van der Waals surface area contributed by atoms with Crippen LogP contribution in [0.25, 0.3) is 22.7 Å². The third kappa shape index (κ3) is 6.69. The lowest BCUT2D eigenvalue weighted by molar-refractivity contribution is -0.139. The number of nitrogens with zero attached hydrogens (tertiary/aromatic N) is 1. The summed E-state index contributed by atoms with van der Waals surface area (Å²) in [4.78, 5) is 15.8. The molecule has 0 bridgehead atoms. The minimum atomic E-state index is -0.860. The number of hydrogen-bond donors (Lipinski definition) is 2. The second kappa shape index (κ2) is 12.1. The Morgan fingerprint density at radius 1 is 1.03 bits per heavy atom. The summed E-state index contributed by atoms with van der Waals surface area (Å²) >= 11 is 0. The topological polar surface area (TPSA) is 84.6 Å². The number of benzene rings is 2. The molecule has 1 heterocycles. The minimum Gasteiger partial charge on any atom is -0.494 e. The maximum absolute atomic E-state index is 11.2. The largest absolute Gasteiger partial charge is 0.494 e. The molecule has 0 saturated heterocycles. The Bertz CT molecular complexity index is 964. The highest BCUT2D eigenvalue weighted by atomic mass is 16.5. The lowest BCUT2D eigenvalue weighted by Gasteiger charge is -2.11. The van der Waals surface area contributed by atoms with Crippen molar-refractivity contribution in [1.82, 2.24) is 10.3 Å². The number of carbonyl (C=O) groups is 1. The van der Waals surface area contributed by atoms with Crippen LogP contribution >= 0.6 is 0 Å². The summed E-state index contributed by atoms with van der Waals surface area (Å²) < 4.78 is 11.5. The predicted octanol–water partition coefficient (Wildman–Crippen LogP) is 5.57. The Labute approximate surface area is 189 Å². The van der Waals surface area contributed by atoms with Crippen LogP contribution in [0.5, 0.6) is 5.75 Å². The summed E-state index contributed by atoms with van der Waals surface area (Å²) in [5.74, 6) is 0.547. The quantitative estimate of drug-likeness (QED) is 0.341. The van der Waals surface area contributed by atoms with E-state index >= 15 is 0 Å². The normalized spacial score (nSPS) is 11.9. The van der Waals surface area contributed by atoms with Crippen molar-refractivity contribution in [1.29, 1.82) is 0 Å². The molecule has 0 radical (unpaired) electrons. The van der Waals surface area contributed by atoms with Crippen LogP contribution in [0, 0.1) is 0 Å². The van der Waals surface area contributed by atoms with Gasteiger partial charge in [0, 0.05) is 11.1 Å². The van der Waals surface area contributed by atoms with E-state index in [0.717, 1.165) is 41.2 Å². The molecule has 1 unspecified atom stereocenters. The van der Waals surface area contributed by atoms with Crippen molar-refractivity contribution >= 4 is 5.97 Å². The van der Waals surface area contributed by atoms with E-state index in [2.05, 4.69) is 17.2 Å². The van der Waals surface area contributed by atoms with Crippen molar-refractivity contribution in [3.05, 3.63) is 60.4 Å². The fourth-order valence-electron chi connectivity index (χ4n) is 3.49. The van der Waals surface area contributed by atoms with E-state index in [1.54, 1.807) is 13.3 Å². The molecule has 6 heteroatoms. The number of oxazole rings is 1. The molecule has 3 rings (SSSR count). The lowest BCUT2D eigenvalue weighted by Crippen LogP contribution is -2.35. The Kier molecular flexibility index (Phi) is 8.87. The summed E-state index contributed by atoms with van der Waals surface area (Å²) in [6, 6.07) is 14.9. The van der Waals surface area contributed by atoms with Gasteiger partial charge in [0.25, 0.3) is 0 Å². The number of aromatic nitrogens is 1. The van der Waals surface area contributed by atoms with Crippen LogP contribution in [-0.2, 0) is 11.2 Å². The van der Waals surface area contributed by atoms with Crippen LogP contribution in [0.1, 0.15) is 44.6 Å². The number of ether oxygens (including phenoxy) is 1. The third-order valence-electron chi connectivity index (χ3n) is 5.46. The number of carboxylic acids is 1. The summed E-state index contributed by atoms with van der Waals surface area (Å²) in [6.45, 7) is 2.96. The molecule has 1 atom stereocenters. The maximum atomic E-state index is 11.2. The first-order valence-electron chi connectivity index (χ1n) is 11.3. The van der Waals surface area contributed by atoms with Gasteiger partial charge in [-0.25, -0.2) is 4.98 Å². The highest BCUT2D eigenvalue weighted by Crippen LogP contribution is 2.26. The van der Waals surface area contributed by atoms with Gasteiger partial charge in [-0.1, -0.05) is 56.9 Å². The van der Waals surface area contributed by atoms with Gasteiger partial charge in [-0.2, -0.15) is 0 Å². The van der Waals surface area contributed by atoms with Crippen molar-refractivity contribution in [3.63, 3.8) is 0 Å². The summed E-state index contributed by atoms with van der Waals surface area (Å²) in [5, 5.41) is 12.0. The molecule has 6 nitrogen and oxygen atoms in total. The second-order valence-electron chi connectivity index (χ2n) is 7.91. The van der Waals surface area contributed by atoms with E-state index in [1.165, 1.54) is 25.7 Å². The number of rotatable bonds is 13.